The van der Waals surface area contributed by atoms with Gasteiger partial charge in [0.2, 0.25) is 11.8 Å². The zero-order valence-corrected chi connectivity index (χ0v) is 12.8. The summed E-state index contributed by atoms with van der Waals surface area (Å²) in [5, 5.41) is 3.06. The maximum Gasteiger partial charge on any atom is 0.246 e. The predicted molar refractivity (Wildman–Crippen MR) is 84.1 cm³/mol. The molecular formula is C17H22N2O3. The number of carbonyl (C=O) groups is 2. The summed E-state index contributed by atoms with van der Waals surface area (Å²) in [7, 11) is 1.65. The monoisotopic (exact) mass is 302 g/mol. The number of hydrogen-bond acceptors (Lipinski definition) is 3. The van der Waals surface area contributed by atoms with Crippen LogP contribution >= 0.6 is 0 Å². The lowest BCUT2D eigenvalue weighted by Crippen LogP contribution is -2.55. The minimum Gasteiger partial charge on any atom is -0.385 e. The Hall–Kier alpha value is -2.14. The molecule has 0 bridgehead atoms. The van der Waals surface area contributed by atoms with Crippen molar-refractivity contribution in [2.45, 2.75) is 12.5 Å². The molecule has 2 rings (SSSR count). The van der Waals surface area contributed by atoms with E-state index in [1.54, 1.807) is 12.0 Å². The second-order valence-corrected chi connectivity index (χ2v) is 5.40. The second kappa shape index (κ2) is 7.75. The van der Waals surface area contributed by atoms with Crippen LogP contribution in [0.4, 0.5) is 0 Å². The van der Waals surface area contributed by atoms with Crippen molar-refractivity contribution < 1.29 is 14.3 Å². The Morgan fingerprint density at radius 1 is 1.41 bits per heavy atom. The molecule has 1 saturated heterocycles. The summed E-state index contributed by atoms with van der Waals surface area (Å²) >= 11 is 0. The normalized spacial score (nSPS) is 15.8. The highest BCUT2D eigenvalue weighted by Crippen LogP contribution is 2.21. The van der Waals surface area contributed by atoms with Crippen LogP contribution in [-0.2, 0) is 14.3 Å². The Labute approximate surface area is 130 Å². The number of nitrogens with zero attached hydrogens (tertiary/aromatic N) is 1. The van der Waals surface area contributed by atoms with Gasteiger partial charge < -0.3 is 15.0 Å². The van der Waals surface area contributed by atoms with Gasteiger partial charge in [-0.3, -0.25) is 9.59 Å². The Balaban J connectivity index is 1.92. The van der Waals surface area contributed by atoms with Crippen molar-refractivity contribution in [2.75, 3.05) is 26.8 Å². The molecule has 118 valence electrons. The van der Waals surface area contributed by atoms with Gasteiger partial charge in [0.25, 0.3) is 0 Å². The SMILES string of the molecule is C=CC(=O)N1CC(C(=O)N[C@H](CCOC)c2ccccc2)C1. The van der Waals surface area contributed by atoms with Crippen molar-refractivity contribution in [3.63, 3.8) is 0 Å². The Morgan fingerprint density at radius 3 is 2.68 bits per heavy atom. The molecule has 0 unspecified atom stereocenters. The van der Waals surface area contributed by atoms with Crippen LogP contribution in [0.15, 0.2) is 43.0 Å². The molecule has 1 N–H and O–H groups in total. The Morgan fingerprint density at radius 2 is 2.09 bits per heavy atom. The number of hydrogen-bond donors (Lipinski definition) is 1. The van der Waals surface area contributed by atoms with Gasteiger partial charge in [-0.25, -0.2) is 0 Å². The summed E-state index contributed by atoms with van der Waals surface area (Å²) in [6, 6.07) is 9.77. The van der Waals surface area contributed by atoms with E-state index in [1.165, 1.54) is 6.08 Å². The maximum absolute atomic E-state index is 12.3. The molecule has 22 heavy (non-hydrogen) atoms. The number of benzene rings is 1. The smallest absolute Gasteiger partial charge is 0.246 e. The Kier molecular flexibility index (Phi) is 5.72. The number of rotatable bonds is 7. The summed E-state index contributed by atoms with van der Waals surface area (Å²) < 4.78 is 5.12. The number of carbonyl (C=O) groups excluding carboxylic acids is 2. The minimum atomic E-state index is -0.141. The van der Waals surface area contributed by atoms with E-state index in [2.05, 4.69) is 11.9 Å². The summed E-state index contributed by atoms with van der Waals surface area (Å²) in [5.74, 6) is -0.279. The van der Waals surface area contributed by atoms with Crippen LogP contribution in [-0.4, -0.2) is 43.5 Å². The Bertz CT molecular complexity index is 524. The molecule has 5 nitrogen and oxygen atoms in total. The largest absolute Gasteiger partial charge is 0.385 e. The number of methoxy groups -OCH3 is 1. The first-order valence-corrected chi connectivity index (χ1v) is 7.41. The van der Waals surface area contributed by atoms with E-state index < -0.39 is 0 Å². The number of ether oxygens (including phenoxy) is 1. The standard InChI is InChI=1S/C17H22N2O3/c1-3-16(20)19-11-14(12-19)17(21)18-15(9-10-22-2)13-7-5-4-6-8-13/h3-8,14-15H,1,9-12H2,2H3,(H,18,21)/t15-/m1/s1. The number of amides is 2. The molecule has 1 aromatic rings. The molecule has 5 heteroatoms. The third kappa shape index (κ3) is 3.95. The summed E-state index contributed by atoms with van der Waals surface area (Å²) in [4.78, 5) is 25.3. The van der Waals surface area contributed by atoms with E-state index in [0.717, 1.165) is 5.56 Å². The van der Waals surface area contributed by atoms with Gasteiger partial charge in [-0.05, 0) is 18.1 Å². The van der Waals surface area contributed by atoms with E-state index in [9.17, 15) is 9.59 Å². The fraction of sp³-hybridized carbons (Fsp3) is 0.412. The highest BCUT2D eigenvalue weighted by Gasteiger charge is 2.35. The van der Waals surface area contributed by atoms with Crippen LogP contribution in [0.5, 0.6) is 0 Å². The summed E-state index contributed by atoms with van der Waals surface area (Å²) in [6.45, 7) is 4.95. The van der Waals surface area contributed by atoms with Gasteiger partial charge in [-0.1, -0.05) is 36.9 Å². The quantitative estimate of drug-likeness (QED) is 0.777. The topological polar surface area (TPSA) is 58.6 Å². The molecule has 1 heterocycles. The summed E-state index contributed by atoms with van der Waals surface area (Å²) in [6.07, 6.45) is 1.99. The molecule has 0 saturated carbocycles. The van der Waals surface area contributed by atoms with Crippen LogP contribution in [0.3, 0.4) is 0 Å². The molecule has 1 atom stereocenters. The van der Waals surface area contributed by atoms with Crippen LogP contribution in [0, 0.1) is 5.92 Å². The van der Waals surface area contributed by atoms with E-state index in [4.69, 9.17) is 4.74 Å². The van der Waals surface area contributed by atoms with Crippen LogP contribution in [0.1, 0.15) is 18.0 Å². The zero-order valence-electron chi connectivity index (χ0n) is 12.8. The average molecular weight is 302 g/mol. The first kappa shape index (κ1) is 16.2. The third-order valence-corrected chi connectivity index (χ3v) is 3.87. The molecule has 0 spiro atoms. The highest BCUT2D eigenvalue weighted by molar-refractivity contribution is 5.90. The lowest BCUT2D eigenvalue weighted by molar-refractivity contribution is -0.139. The highest BCUT2D eigenvalue weighted by atomic mass is 16.5. The fourth-order valence-corrected chi connectivity index (χ4v) is 2.49. The molecular weight excluding hydrogens is 280 g/mol. The van der Waals surface area contributed by atoms with Crippen molar-refractivity contribution in [3.8, 4) is 0 Å². The van der Waals surface area contributed by atoms with Gasteiger partial charge >= 0.3 is 0 Å². The van der Waals surface area contributed by atoms with Gasteiger partial charge in [-0.2, -0.15) is 0 Å². The van der Waals surface area contributed by atoms with Crippen molar-refractivity contribution in [1.29, 1.82) is 0 Å². The number of nitrogens with one attached hydrogen (secondary N) is 1. The van der Waals surface area contributed by atoms with E-state index in [0.29, 0.717) is 26.1 Å². The van der Waals surface area contributed by atoms with Gasteiger partial charge in [0.1, 0.15) is 0 Å². The van der Waals surface area contributed by atoms with Gasteiger partial charge in [-0.15, -0.1) is 0 Å². The van der Waals surface area contributed by atoms with Crippen molar-refractivity contribution >= 4 is 11.8 Å². The van der Waals surface area contributed by atoms with Gasteiger partial charge in [0, 0.05) is 26.8 Å². The van der Waals surface area contributed by atoms with E-state index in [-0.39, 0.29) is 23.8 Å². The second-order valence-electron chi connectivity index (χ2n) is 5.40. The van der Waals surface area contributed by atoms with Gasteiger partial charge in [0.15, 0.2) is 0 Å². The molecule has 2 amide bonds. The van der Waals surface area contributed by atoms with Gasteiger partial charge in [0.05, 0.1) is 12.0 Å². The molecule has 1 aliphatic heterocycles. The lowest BCUT2D eigenvalue weighted by atomic mass is 9.97. The van der Waals surface area contributed by atoms with E-state index >= 15 is 0 Å². The fourth-order valence-electron chi connectivity index (χ4n) is 2.49. The molecule has 0 aliphatic carbocycles. The van der Waals surface area contributed by atoms with Crippen LogP contribution in [0.25, 0.3) is 0 Å². The molecule has 0 aromatic heterocycles. The van der Waals surface area contributed by atoms with Crippen LogP contribution in [0.2, 0.25) is 0 Å². The van der Waals surface area contributed by atoms with Crippen molar-refractivity contribution in [1.82, 2.24) is 10.2 Å². The van der Waals surface area contributed by atoms with Crippen molar-refractivity contribution in [2.24, 2.45) is 5.92 Å². The van der Waals surface area contributed by atoms with Crippen molar-refractivity contribution in [3.05, 3.63) is 48.6 Å². The number of likely N-dealkylation sites (tertiary alicyclic amines) is 1. The third-order valence-electron chi connectivity index (χ3n) is 3.87. The molecule has 1 aliphatic rings. The molecule has 0 radical (unpaired) electrons. The zero-order chi connectivity index (χ0) is 15.9. The lowest BCUT2D eigenvalue weighted by Gasteiger charge is -2.38. The molecule has 1 fully saturated rings. The first-order chi connectivity index (χ1) is 10.7. The maximum atomic E-state index is 12.3. The minimum absolute atomic E-state index is 0.0157. The first-order valence-electron chi connectivity index (χ1n) is 7.41. The van der Waals surface area contributed by atoms with Crippen LogP contribution < -0.4 is 5.32 Å². The summed E-state index contributed by atoms with van der Waals surface area (Å²) in [5.41, 5.74) is 1.06. The molecule has 1 aromatic carbocycles. The van der Waals surface area contributed by atoms with E-state index in [1.807, 2.05) is 30.3 Å². The predicted octanol–water partition coefficient (Wildman–Crippen LogP) is 1.52. The average Bonchev–Trinajstić information content (AvgIpc) is 2.50.